The maximum Gasteiger partial charge on any atom is 0.254 e. The van der Waals surface area contributed by atoms with Crippen LogP contribution in [-0.4, -0.2) is 12.5 Å². The first kappa shape index (κ1) is 16.4. The van der Waals surface area contributed by atoms with Crippen LogP contribution in [0.15, 0.2) is 33.9 Å². The molecule has 118 valence electrons. The molecule has 0 atom stereocenters. The Kier molecular flexibility index (Phi) is 4.91. The molecule has 0 aliphatic rings. The predicted molar refractivity (Wildman–Crippen MR) is 88.7 cm³/mol. The van der Waals surface area contributed by atoms with Gasteiger partial charge in [0.2, 0.25) is 5.91 Å². The Hall–Kier alpha value is -2.94. The van der Waals surface area contributed by atoms with Gasteiger partial charge in [0, 0.05) is 19.2 Å². The third-order valence-electron chi connectivity index (χ3n) is 3.51. The number of hydrogen-bond donors (Lipinski definition) is 1. The number of nitrogens with one attached hydrogen (secondary N) is 1. The molecule has 0 aromatic heterocycles. The molecule has 0 aliphatic carbocycles. The fraction of sp³-hybridized carbons (Fsp3) is 0.294. The Morgan fingerprint density at radius 2 is 1.87 bits per heavy atom. The lowest BCUT2D eigenvalue weighted by atomic mass is 10.1. The van der Waals surface area contributed by atoms with Crippen LogP contribution in [0.25, 0.3) is 0 Å². The van der Waals surface area contributed by atoms with Crippen molar-refractivity contribution in [1.82, 2.24) is 0 Å². The molecule has 2 rings (SSSR count). The lowest BCUT2D eigenvalue weighted by molar-refractivity contribution is -0.115. The van der Waals surface area contributed by atoms with Gasteiger partial charge in [-0.2, -0.15) is 5.26 Å². The molecule has 23 heavy (non-hydrogen) atoms. The van der Waals surface area contributed by atoms with Crippen molar-refractivity contribution in [3.8, 4) is 6.07 Å². The summed E-state index contributed by atoms with van der Waals surface area (Å²) in [5, 5.41) is 11.8. The van der Waals surface area contributed by atoms with Crippen LogP contribution in [0.2, 0.25) is 0 Å². The Labute approximate surface area is 133 Å². The van der Waals surface area contributed by atoms with Crippen molar-refractivity contribution in [2.24, 2.45) is 0 Å². The number of unbranched alkanes of at least 4 members (excludes halogenated alkanes) is 1. The number of hydrogen-bond acceptors (Lipinski definition) is 5. The van der Waals surface area contributed by atoms with E-state index >= 15 is 0 Å². The van der Waals surface area contributed by atoms with Gasteiger partial charge in [-0.05, 0) is 30.7 Å². The molecule has 0 heterocycles. The highest BCUT2D eigenvalue weighted by Gasteiger charge is 2.29. The molecule has 6 nitrogen and oxygen atoms in total. The summed E-state index contributed by atoms with van der Waals surface area (Å²) in [7, 11) is 0. The summed E-state index contributed by atoms with van der Waals surface area (Å²) in [5.74, 6) is -0.375. The first-order chi connectivity index (χ1) is 11.0. The van der Waals surface area contributed by atoms with Crippen LogP contribution in [0.3, 0.4) is 0 Å². The summed E-state index contributed by atoms with van der Waals surface area (Å²) >= 11 is 0. The fourth-order valence-corrected chi connectivity index (χ4v) is 2.30. The van der Waals surface area contributed by atoms with E-state index < -0.39 is 10.9 Å². The van der Waals surface area contributed by atoms with E-state index in [2.05, 4.69) is 5.32 Å². The summed E-state index contributed by atoms with van der Waals surface area (Å²) in [6, 6.07) is 8.25. The average molecular weight is 311 g/mol. The van der Waals surface area contributed by atoms with Gasteiger partial charge in [-0.15, -0.1) is 0 Å². The third kappa shape index (κ3) is 3.14. The lowest BCUT2D eigenvalue weighted by Crippen LogP contribution is -2.42. The van der Waals surface area contributed by atoms with Gasteiger partial charge in [-0.3, -0.25) is 19.3 Å². The van der Waals surface area contributed by atoms with E-state index in [4.69, 9.17) is 5.26 Å². The van der Waals surface area contributed by atoms with Crippen molar-refractivity contribution in [2.75, 3.05) is 16.8 Å². The van der Waals surface area contributed by atoms with Gasteiger partial charge < -0.3 is 5.32 Å². The minimum Gasteiger partial charge on any atom is -0.380 e. The zero-order chi connectivity index (χ0) is 17.0. The van der Waals surface area contributed by atoms with E-state index in [-0.39, 0.29) is 17.3 Å². The van der Waals surface area contributed by atoms with Crippen LogP contribution in [0.1, 0.15) is 32.3 Å². The average Bonchev–Trinajstić information content (AvgIpc) is 2.56. The molecule has 1 N–H and O–H groups in total. The highest BCUT2D eigenvalue weighted by Crippen LogP contribution is 2.29. The number of amides is 1. The van der Waals surface area contributed by atoms with Gasteiger partial charge in [0.05, 0.1) is 11.6 Å². The quantitative estimate of drug-likeness (QED) is 0.651. The van der Waals surface area contributed by atoms with Crippen LogP contribution < -0.4 is 21.1 Å². The molecule has 2 aromatic carbocycles. The van der Waals surface area contributed by atoms with Crippen LogP contribution in [0.5, 0.6) is 0 Å². The number of nitriles is 1. The Balaban J connectivity index is 2.41. The molecule has 0 aliphatic heterocycles. The molecular formula is C17H17N3O3. The second-order valence-electron chi connectivity index (χ2n) is 5.18. The van der Waals surface area contributed by atoms with E-state index in [9.17, 15) is 14.4 Å². The standard InChI is InChI=1S/C17H17N3O3/c1-3-4-9-19-14-15(17(23)16(14)22)20(11(2)21)13-7-5-12(10-18)6-8-13/h5-8,19H,3-4,9H2,1-2H3. The van der Waals surface area contributed by atoms with Crippen LogP contribution in [0.4, 0.5) is 17.1 Å². The van der Waals surface area contributed by atoms with Gasteiger partial charge in [0.15, 0.2) is 0 Å². The zero-order valence-electron chi connectivity index (χ0n) is 13.0. The Bertz CT molecular complexity index is 824. The summed E-state index contributed by atoms with van der Waals surface area (Å²) in [4.78, 5) is 36.9. The van der Waals surface area contributed by atoms with Crippen molar-refractivity contribution in [2.45, 2.75) is 26.7 Å². The highest BCUT2D eigenvalue weighted by molar-refractivity contribution is 6.03. The number of nitrogens with zero attached hydrogens (tertiary/aromatic N) is 2. The van der Waals surface area contributed by atoms with Crippen molar-refractivity contribution in [3.63, 3.8) is 0 Å². The first-order valence-electron chi connectivity index (χ1n) is 7.39. The van der Waals surface area contributed by atoms with Gasteiger partial charge in [0.25, 0.3) is 10.9 Å². The molecule has 2 aromatic rings. The van der Waals surface area contributed by atoms with Gasteiger partial charge in [-0.25, -0.2) is 0 Å². The SMILES string of the molecule is CCCCNc1c(N(C(C)=O)c2ccc(C#N)cc2)c(=O)c1=O. The molecule has 0 spiro atoms. The zero-order valence-corrected chi connectivity index (χ0v) is 13.0. The summed E-state index contributed by atoms with van der Waals surface area (Å²) < 4.78 is 0. The van der Waals surface area contributed by atoms with Gasteiger partial charge >= 0.3 is 0 Å². The summed E-state index contributed by atoms with van der Waals surface area (Å²) in [6.45, 7) is 3.90. The molecular weight excluding hydrogens is 294 g/mol. The van der Waals surface area contributed by atoms with E-state index in [0.717, 1.165) is 12.8 Å². The second kappa shape index (κ2) is 6.88. The molecule has 0 saturated heterocycles. The molecule has 1 amide bonds. The minimum atomic E-state index is -0.677. The van der Waals surface area contributed by atoms with Crippen LogP contribution in [-0.2, 0) is 4.79 Å². The fourth-order valence-electron chi connectivity index (χ4n) is 2.30. The third-order valence-corrected chi connectivity index (χ3v) is 3.51. The molecule has 0 bridgehead atoms. The number of benzene rings is 1. The minimum absolute atomic E-state index is 0.0725. The molecule has 0 saturated carbocycles. The topological polar surface area (TPSA) is 90.3 Å². The highest BCUT2D eigenvalue weighted by atomic mass is 16.2. The Morgan fingerprint density at radius 3 is 2.39 bits per heavy atom. The largest absolute Gasteiger partial charge is 0.380 e. The molecule has 0 unspecified atom stereocenters. The monoisotopic (exact) mass is 311 g/mol. The second-order valence-corrected chi connectivity index (χ2v) is 5.18. The van der Waals surface area contributed by atoms with Gasteiger partial charge in [-0.1, -0.05) is 13.3 Å². The maximum absolute atomic E-state index is 12.0. The predicted octanol–water partition coefficient (Wildman–Crippen LogP) is 2.05. The summed E-state index contributed by atoms with van der Waals surface area (Å²) in [5.41, 5.74) is -0.128. The van der Waals surface area contributed by atoms with Crippen molar-refractivity contribution in [1.29, 1.82) is 5.26 Å². The number of rotatable bonds is 6. The maximum atomic E-state index is 12.0. The van der Waals surface area contributed by atoms with Crippen LogP contribution >= 0.6 is 0 Å². The van der Waals surface area contributed by atoms with Crippen LogP contribution in [0, 0.1) is 11.3 Å². The first-order valence-corrected chi connectivity index (χ1v) is 7.39. The molecule has 0 radical (unpaired) electrons. The molecule has 0 fully saturated rings. The number of carbonyl (C=O) groups is 1. The van der Waals surface area contributed by atoms with E-state index in [1.165, 1.54) is 11.8 Å². The smallest absolute Gasteiger partial charge is 0.254 e. The van der Waals surface area contributed by atoms with E-state index in [0.29, 0.717) is 17.8 Å². The molecule has 6 heteroatoms. The van der Waals surface area contributed by atoms with Crippen molar-refractivity contribution in [3.05, 3.63) is 50.3 Å². The number of anilines is 3. The normalized spacial score (nSPS) is 10.3. The number of carbonyl (C=O) groups excluding carboxylic acids is 1. The summed E-state index contributed by atoms with van der Waals surface area (Å²) in [6.07, 6.45) is 1.80. The lowest BCUT2D eigenvalue weighted by Gasteiger charge is -2.25. The van der Waals surface area contributed by atoms with Gasteiger partial charge in [0.1, 0.15) is 11.4 Å². The van der Waals surface area contributed by atoms with Crippen molar-refractivity contribution < 1.29 is 4.79 Å². The van der Waals surface area contributed by atoms with E-state index in [1.54, 1.807) is 24.3 Å². The van der Waals surface area contributed by atoms with Crippen molar-refractivity contribution >= 4 is 23.0 Å². The Morgan fingerprint density at radius 1 is 1.22 bits per heavy atom. The van der Waals surface area contributed by atoms with E-state index in [1.807, 2.05) is 13.0 Å².